The summed E-state index contributed by atoms with van der Waals surface area (Å²) in [6, 6.07) is 18.8. The van der Waals surface area contributed by atoms with E-state index in [0.29, 0.717) is 36.7 Å². The van der Waals surface area contributed by atoms with Crippen LogP contribution in [-0.2, 0) is 0 Å². The van der Waals surface area contributed by atoms with Crippen LogP contribution in [0.3, 0.4) is 0 Å². The van der Waals surface area contributed by atoms with Gasteiger partial charge in [-0.25, -0.2) is 9.37 Å². The SMILES string of the molecule is O=C(c1cc2cc3ccccc3nc2s1)N1CCN(c2ccccc2F)CC1. The van der Waals surface area contributed by atoms with Crippen molar-refractivity contribution in [2.75, 3.05) is 31.1 Å². The molecule has 6 heteroatoms. The van der Waals surface area contributed by atoms with E-state index in [1.54, 1.807) is 12.1 Å². The Morgan fingerprint density at radius 1 is 0.929 bits per heavy atom. The lowest BCUT2D eigenvalue weighted by molar-refractivity contribution is 0.0751. The number of pyridine rings is 1. The number of para-hydroxylation sites is 2. The van der Waals surface area contributed by atoms with Gasteiger partial charge in [-0.15, -0.1) is 11.3 Å². The normalized spacial score (nSPS) is 14.8. The number of fused-ring (bicyclic) bond motifs is 2. The van der Waals surface area contributed by atoms with Crippen molar-refractivity contribution in [3.8, 4) is 0 Å². The second-order valence-electron chi connectivity index (χ2n) is 6.92. The number of aromatic nitrogens is 1. The summed E-state index contributed by atoms with van der Waals surface area (Å²) >= 11 is 1.44. The average molecular weight is 391 g/mol. The highest BCUT2D eigenvalue weighted by molar-refractivity contribution is 7.20. The number of halogens is 1. The number of benzene rings is 2. The summed E-state index contributed by atoms with van der Waals surface area (Å²) in [5, 5.41) is 2.07. The summed E-state index contributed by atoms with van der Waals surface area (Å²) in [4.78, 5) is 23.1. The van der Waals surface area contributed by atoms with E-state index in [-0.39, 0.29) is 11.7 Å². The van der Waals surface area contributed by atoms with Crippen LogP contribution in [0.15, 0.2) is 60.7 Å². The van der Waals surface area contributed by atoms with Crippen LogP contribution in [0.2, 0.25) is 0 Å². The average Bonchev–Trinajstić information content (AvgIpc) is 3.15. The Morgan fingerprint density at radius 2 is 1.68 bits per heavy atom. The van der Waals surface area contributed by atoms with Gasteiger partial charge in [-0.05, 0) is 30.3 Å². The van der Waals surface area contributed by atoms with Crippen LogP contribution in [0.25, 0.3) is 21.1 Å². The smallest absolute Gasteiger partial charge is 0.264 e. The predicted molar refractivity (Wildman–Crippen MR) is 112 cm³/mol. The Morgan fingerprint density at radius 3 is 2.50 bits per heavy atom. The van der Waals surface area contributed by atoms with Gasteiger partial charge in [0.25, 0.3) is 5.91 Å². The summed E-state index contributed by atoms with van der Waals surface area (Å²) in [5.74, 6) is -0.190. The van der Waals surface area contributed by atoms with Gasteiger partial charge in [-0.3, -0.25) is 4.79 Å². The second-order valence-corrected chi connectivity index (χ2v) is 7.95. The van der Waals surface area contributed by atoms with E-state index in [4.69, 9.17) is 0 Å². The van der Waals surface area contributed by atoms with Gasteiger partial charge in [0, 0.05) is 37.0 Å². The van der Waals surface area contributed by atoms with Crippen molar-refractivity contribution in [1.29, 1.82) is 0 Å². The maximum atomic E-state index is 14.0. The van der Waals surface area contributed by atoms with Crippen molar-refractivity contribution < 1.29 is 9.18 Å². The molecule has 5 rings (SSSR count). The number of carbonyl (C=O) groups is 1. The monoisotopic (exact) mass is 391 g/mol. The van der Waals surface area contributed by atoms with Gasteiger partial charge in [-0.1, -0.05) is 30.3 Å². The fourth-order valence-corrected chi connectivity index (χ4v) is 4.68. The Kier molecular flexibility index (Phi) is 4.20. The highest BCUT2D eigenvalue weighted by Crippen LogP contribution is 2.29. The van der Waals surface area contributed by atoms with Crippen LogP contribution in [0.1, 0.15) is 9.67 Å². The Labute approximate surface area is 165 Å². The molecule has 0 spiro atoms. The zero-order chi connectivity index (χ0) is 19.1. The van der Waals surface area contributed by atoms with Gasteiger partial charge in [0.1, 0.15) is 10.6 Å². The van der Waals surface area contributed by atoms with E-state index < -0.39 is 0 Å². The molecule has 2 aromatic carbocycles. The zero-order valence-electron chi connectivity index (χ0n) is 15.1. The summed E-state index contributed by atoms with van der Waals surface area (Å²) in [5.41, 5.74) is 1.54. The van der Waals surface area contributed by atoms with Gasteiger partial charge in [0.15, 0.2) is 0 Å². The lowest BCUT2D eigenvalue weighted by atomic mass is 10.2. The summed E-state index contributed by atoms with van der Waals surface area (Å²) < 4.78 is 14.0. The molecular weight excluding hydrogens is 373 g/mol. The largest absolute Gasteiger partial charge is 0.366 e. The molecule has 1 saturated heterocycles. The van der Waals surface area contributed by atoms with Gasteiger partial charge < -0.3 is 9.80 Å². The van der Waals surface area contributed by atoms with Crippen LogP contribution in [0.5, 0.6) is 0 Å². The van der Waals surface area contributed by atoms with Crippen molar-refractivity contribution >= 4 is 44.1 Å². The van der Waals surface area contributed by atoms with Crippen LogP contribution in [-0.4, -0.2) is 42.0 Å². The third-order valence-corrected chi connectivity index (χ3v) is 6.21. The molecule has 28 heavy (non-hydrogen) atoms. The fourth-order valence-electron chi connectivity index (χ4n) is 3.69. The molecule has 2 aromatic heterocycles. The molecule has 1 aliphatic rings. The van der Waals surface area contributed by atoms with Crippen LogP contribution < -0.4 is 4.90 Å². The minimum atomic E-state index is -0.218. The maximum Gasteiger partial charge on any atom is 0.264 e. The summed E-state index contributed by atoms with van der Waals surface area (Å²) in [7, 11) is 0. The molecule has 0 atom stereocenters. The Hall–Kier alpha value is -2.99. The van der Waals surface area contributed by atoms with Gasteiger partial charge in [0.2, 0.25) is 0 Å². The first kappa shape index (κ1) is 17.1. The molecule has 4 aromatic rings. The van der Waals surface area contributed by atoms with E-state index in [9.17, 15) is 9.18 Å². The summed E-state index contributed by atoms with van der Waals surface area (Å²) in [6.07, 6.45) is 0. The van der Waals surface area contributed by atoms with Crippen LogP contribution >= 0.6 is 11.3 Å². The molecule has 0 N–H and O–H groups in total. The van der Waals surface area contributed by atoms with Gasteiger partial charge in [0.05, 0.1) is 16.1 Å². The number of nitrogens with zero attached hydrogens (tertiary/aromatic N) is 3. The van der Waals surface area contributed by atoms with Gasteiger partial charge in [-0.2, -0.15) is 0 Å². The highest BCUT2D eigenvalue weighted by Gasteiger charge is 2.25. The number of carbonyl (C=O) groups excluding carboxylic acids is 1. The van der Waals surface area contributed by atoms with Crippen molar-refractivity contribution in [3.63, 3.8) is 0 Å². The van der Waals surface area contributed by atoms with E-state index >= 15 is 0 Å². The van der Waals surface area contributed by atoms with Crippen molar-refractivity contribution in [2.45, 2.75) is 0 Å². The number of hydrogen-bond donors (Lipinski definition) is 0. The highest BCUT2D eigenvalue weighted by atomic mass is 32.1. The third kappa shape index (κ3) is 2.99. The third-order valence-electron chi connectivity index (χ3n) is 5.18. The Bertz CT molecular complexity index is 1130. The molecular formula is C22H18FN3OS. The van der Waals surface area contributed by atoms with Crippen LogP contribution in [0, 0.1) is 5.82 Å². The molecule has 0 unspecified atom stereocenters. The lowest BCUT2D eigenvalue weighted by Crippen LogP contribution is -2.48. The topological polar surface area (TPSA) is 36.4 Å². The van der Waals surface area contributed by atoms with E-state index in [2.05, 4.69) is 11.1 Å². The minimum Gasteiger partial charge on any atom is -0.366 e. The number of piperazine rings is 1. The first-order valence-corrected chi connectivity index (χ1v) is 10.1. The molecule has 0 saturated carbocycles. The predicted octanol–water partition coefficient (Wildman–Crippen LogP) is 4.55. The molecule has 0 bridgehead atoms. The van der Waals surface area contributed by atoms with E-state index in [1.165, 1.54) is 17.4 Å². The Balaban J connectivity index is 1.35. The minimum absolute atomic E-state index is 0.0280. The molecule has 0 aliphatic carbocycles. The van der Waals surface area contributed by atoms with Gasteiger partial charge >= 0.3 is 0 Å². The summed E-state index contributed by atoms with van der Waals surface area (Å²) in [6.45, 7) is 2.41. The number of thiophene rings is 1. The first-order chi connectivity index (χ1) is 13.7. The van der Waals surface area contributed by atoms with Crippen molar-refractivity contribution in [3.05, 3.63) is 71.4 Å². The first-order valence-electron chi connectivity index (χ1n) is 9.27. The number of amides is 1. The quantitative estimate of drug-likeness (QED) is 0.503. The van der Waals surface area contributed by atoms with Crippen molar-refractivity contribution in [2.24, 2.45) is 0 Å². The standard InChI is InChI=1S/C22H18FN3OS/c23-17-6-2-4-8-19(17)25-9-11-26(12-10-25)22(27)20-14-16-13-15-5-1-3-7-18(15)24-21(16)28-20/h1-8,13-14H,9-12H2. The maximum absolute atomic E-state index is 14.0. The molecule has 4 nitrogen and oxygen atoms in total. The fraction of sp³-hybridized carbons (Fsp3) is 0.182. The van der Waals surface area contributed by atoms with E-state index in [1.807, 2.05) is 46.2 Å². The zero-order valence-corrected chi connectivity index (χ0v) is 16.0. The molecule has 3 heterocycles. The van der Waals surface area contributed by atoms with Crippen LogP contribution in [0.4, 0.5) is 10.1 Å². The second kappa shape index (κ2) is 6.87. The molecule has 140 valence electrons. The number of hydrogen-bond acceptors (Lipinski definition) is 4. The lowest BCUT2D eigenvalue weighted by Gasteiger charge is -2.36. The van der Waals surface area contributed by atoms with E-state index in [0.717, 1.165) is 21.1 Å². The molecule has 1 fully saturated rings. The molecule has 1 amide bonds. The van der Waals surface area contributed by atoms with Crippen molar-refractivity contribution in [1.82, 2.24) is 9.88 Å². The molecule has 1 aliphatic heterocycles. The number of rotatable bonds is 2. The molecule has 0 radical (unpaired) electrons. The number of anilines is 1.